The first kappa shape index (κ1) is 16.4. The lowest BCUT2D eigenvalue weighted by Crippen LogP contribution is -2.29. The van der Waals surface area contributed by atoms with Crippen LogP contribution in [0.3, 0.4) is 0 Å². The molecule has 0 fully saturated rings. The van der Waals surface area contributed by atoms with Crippen molar-refractivity contribution in [3.8, 4) is 0 Å². The van der Waals surface area contributed by atoms with Crippen molar-refractivity contribution in [2.45, 2.75) is 25.4 Å². The number of carbonyl (C=O) groups is 2. The zero-order chi connectivity index (χ0) is 15.3. The van der Waals surface area contributed by atoms with Crippen LogP contribution in [-0.4, -0.2) is 32.7 Å². The molecule has 0 aromatic heterocycles. The van der Waals surface area contributed by atoms with Crippen LogP contribution >= 0.6 is 7.37 Å². The lowest BCUT2D eigenvalue weighted by Gasteiger charge is -2.25. The maximum Gasteiger partial charge on any atom is 0.307 e. The van der Waals surface area contributed by atoms with Crippen LogP contribution in [0, 0.1) is 5.92 Å². The number of hydrogen-bond donors (Lipinski definition) is 3. The topological polar surface area (TPSA) is 112 Å². The molecule has 0 amide bonds. The summed E-state index contributed by atoms with van der Waals surface area (Å²) in [4.78, 5) is 31.9. The Labute approximate surface area is 116 Å². The van der Waals surface area contributed by atoms with Gasteiger partial charge in [0.15, 0.2) is 0 Å². The van der Waals surface area contributed by atoms with Crippen molar-refractivity contribution in [1.29, 1.82) is 0 Å². The van der Waals surface area contributed by atoms with E-state index < -0.39 is 30.9 Å². The summed E-state index contributed by atoms with van der Waals surface area (Å²) in [5, 5.41) is 17.9. The van der Waals surface area contributed by atoms with Crippen LogP contribution in [-0.2, 0) is 14.2 Å². The molecule has 1 aromatic rings. The van der Waals surface area contributed by atoms with Crippen LogP contribution in [0.25, 0.3) is 0 Å². The summed E-state index contributed by atoms with van der Waals surface area (Å²) < 4.78 is 12.5. The summed E-state index contributed by atoms with van der Waals surface area (Å²) in [6.45, 7) is 1.37. The molecular formula is C13H17O6P. The summed E-state index contributed by atoms with van der Waals surface area (Å²) in [5.74, 6) is -3.57. The second-order valence-corrected chi connectivity index (χ2v) is 7.15. The average Bonchev–Trinajstić information content (AvgIpc) is 2.39. The van der Waals surface area contributed by atoms with Gasteiger partial charge >= 0.3 is 11.9 Å². The summed E-state index contributed by atoms with van der Waals surface area (Å²) in [7, 11) is -3.88. The Kier molecular flexibility index (Phi) is 5.48. The fraction of sp³-hybridized carbons (Fsp3) is 0.385. The van der Waals surface area contributed by atoms with Gasteiger partial charge in [-0.1, -0.05) is 25.1 Å². The number of carboxylic acid groups (broad SMARTS) is 2. The standard InChI is InChI=1S/C13H17O6P/c1-9(11(13(16)17)7-8-12(14)15)20(18,19)10-5-3-2-4-6-10/h2-6,9,11H,7-8H2,1H3,(H,14,15)(H,16,17)(H,18,19). The Balaban J connectivity index is 2.99. The van der Waals surface area contributed by atoms with Crippen molar-refractivity contribution >= 4 is 24.6 Å². The Morgan fingerprint density at radius 2 is 1.75 bits per heavy atom. The van der Waals surface area contributed by atoms with Crippen LogP contribution in [0.2, 0.25) is 0 Å². The smallest absolute Gasteiger partial charge is 0.307 e. The minimum atomic E-state index is -3.88. The fourth-order valence-corrected chi connectivity index (χ4v) is 3.80. The van der Waals surface area contributed by atoms with E-state index in [9.17, 15) is 19.0 Å². The van der Waals surface area contributed by atoms with Crippen LogP contribution in [0.1, 0.15) is 19.8 Å². The molecule has 0 aliphatic rings. The minimum Gasteiger partial charge on any atom is -0.481 e. The molecule has 3 N–H and O–H groups in total. The van der Waals surface area contributed by atoms with Gasteiger partial charge in [-0.15, -0.1) is 0 Å². The summed E-state index contributed by atoms with van der Waals surface area (Å²) in [6.07, 6.45) is -0.528. The quantitative estimate of drug-likeness (QED) is 0.658. The molecule has 20 heavy (non-hydrogen) atoms. The third-order valence-electron chi connectivity index (χ3n) is 3.25. The molecule has 0 aliphatic heterocycles. The molecule has 0 heterocycles. The highest BCUT2D eigenvalue weighted by Gasteiger charge is 2.38. The van der Waals surface area contributed by atoms with E-state index in [0.29, 0.717) is 0 Å². The third-order valence-corrected chi connectivity index (χ3v) is 5.75. The van der Waals surface area contributed by atoms with Gasteiger partial charge in [0.1, 0.15) is 0 Å². The fourth-order valence-electron chi connectivity index (χ4n) is 1.97. The van der Waals surface area contributed by atoms with Gasteiger partial charge in [0.2, 0.25) is 7.37 Å². The van der Waals surface area contributed by atoms with Crippen molar-refractivity contribution < 1.29 is 29.3 Å². The number of carboxylic acids is 2. The van der Waals surface area contributed by atoms with Gasteiger partial charge in [0.05, 0.1) is 11.6 Å². The van der Waals surface area contributed by atoms with Crippen molar-refractivity contribution in [1.82, 2.24) is 0 Å². The van der Waals surface area contributed by atoms with E-state index >= 15 is 0 Å². The molecule has 0 spiro atoms. The first-order valence-electron chi connectivity index (χ1n) is 6.09. The van der Waals surface area contributed by atoms with E-state index in [0.717, 1.165) is 0 Å². The van der Waals surface area contributed by atoms with E-state index in [1.807, 2.05) is 0 Å². The van der Waals surface area contributed by atoms with Crippen molar-refractivity contribution in [3.63, 3.8) is 0 Å². The van der Waals surface area contributed by atoms with E-state index in [2.05, 4.69) is 0 Å². The predicted molar refractivity (Wildman–Crippen MR) is 73.4 cm³/mol. The maximum atomic E-state index is 12.5. The molecule has 110 valence electrons. The zero-order valence-corrected chi connectivity index (χ0v) is 11.9. The van der Waals surface area contributed by atoms with E-state index in [1.165, 1.54) is 19.1 Å². The largest absolute Gasteiger partial charge is 0.481 e. The second kappa shape index (κ2) is 6.68. The SMILES string of the molecule is CC(C(CCC(=O)O)C(=O)O)P(=O)(O)c1ccccc1. The Morgan fingerprint density at radius 3 is 2.20 bits per heavy atom. The minimum absolute atomic E-state index is 0.175. The molecule has 0 saturated carbocycles. The molecule has 3 atom stereocenters. The Bertz CT molecular complexity index is 527. The van der Waals surface area contributed by atoms with Crippen LogP contribution in [0.5, 0.6) is 0 Å². The summed E-state index contributed by atoms with van der Waals surface area (Å²) >= 11 is 0. The number of benzene rings is 1. The normalized spacial score (nSPS) is 16.9. The van der Waals surface area contributed by atoms with Gasteiger partial charge < -0.3 is 15.1 Å². The first-order valence-corrected chi connectivity index (χ1v) is 7.82. The summed E-state index contributed by atoms with van der Waals surface area (Å²) in [6, 6.07) is 7.81. The molecule has 3 unspecified atom stereocenters. The highest BCUT2D eigenvalue weighted by atomic mass is 31.2. The molecule has 0 radical (unpaired) electrons. The van der Waals surface area contributed by atoms with Gasteiger partial charge in [-0.2, -0.15) is 0 Å². The number of hydrogen-bond acceptors (Lipinski definition) is 3. The van der Waals surface area contributed by atoms with Gasteiger partial charge in [0.25, 0.3) is 0 Å². The molecule has 0 aliphatic carbocycles. The van der Waals surface area contributed by atoms with Crippen LogP contribution in [0.4, 0.5) is 0 Å². The lowest BCUT2D eigenvalue weighted by molar-refractivity contribution is -0.142. The van der Waals surface area contributed by atoms with Crippen molar-refractivity contribution in [2.24, 2.45) is 5.92 Å². The van der Waals surface area contributed by atoms with Gasteiger partial charge in [-0.25, -0.2) is 0 Å². The van der Waals surface area contributed by atoms with Crippen molar-refractivity contribution in [2.75, 3.05) is 0 Å². The molecule has 1 rings (SSSR count). The molecule has 0 saturated heterocycles. The monoisotopic (exact) mass is 300 g/mol. The predicted octanol–water partition coefficient (Wildman–Crippen LogP) is 1.54. The van der Waals surface area contributed by atoms with Crippen molar-refractivity contribution in [3.05, 3.63) is 30.3 Å². The second-order valence-electron chi connectivity index (χ2n) is 4.58. The highest BCUT2D eigenvalue weighted by Crippen LogP contribution is 2.49. The zero-order valence-electron chi connectivity index (χ0n) is 11.0. The van der Waals surface area contributed by atoms with Gasteiger partial charge in [-0.05, 0) is 18.6 Å². The Morgan fingerprint density at radius 1 is 1.20 bits per heavy atom. The highest BCUT2D eigenvalue weighted by molar-refractivity contribution is 7.66. The maximum absolute atomic E-state index is 12.5. The van der Waals surface area contributed by atoms with E-state index in [1.54, 1.807) is 18.2 Å². The molecule has 6 nitrogen and oxygen atoms in total. The Hall–Kier alpha value is -1.65. The molecule has 0 bridgehead atoms. The average molecular weight is 300 g/mol. The summed E-state index contributed by atoms with van der Waals surface area (Å²) in [5.41, 5.74) is -1.05. The van der Waals surface area contributed by atoms with E-state index in [-0.39, 0.29) is 18.1 Å². The van der Waals surface area contributed by atoms with E-state index in [4.69, 9.17) is 10.2 Å². The van der Waals surface area contributed by atoms with Crippen LogP contribution < -0.4 is 5.30 Å². The number of aliphatic carboxylic acids is 2. The van der Waals surface area contributed by atoms with Gasteiger partial charge in [0, 0.05) is 11.7 Å². The lowest BCUT2D eigenvalue weighted by atomic mass is 10.0. The third kappa shape index (κ3) is 3.92. The molecule has 1 aromatic carbocycles. The van der Waals surface area contributed by atoms with Crippen LogP contribution in [0.15, 0.2) is 30.3 Å². The van der Waals surface area contributed by atoms with Gasteiger partial charge in [-0.3, -0.25) is 14.2 Å². The molecular weight excluding hydrogens is 283 g/mol. The number of rotatable bonds is 7. The molecule has 7 heteroatoms. The first-order chi connectivity index (χ1) is 9.26.